The summed E-state index contributed by atoms with van der Waals surface area (Å²) in [6, 6.07) is 37.5. The highest BCUT2D eigenvalue weighted by Crippen LogP contribution is 2.35. The van der Waals surface area contributed by atoms with Crippen LogP contribution in [0.2, 0.25) is 0 Å². The van der Waals surface area contributed by atoms with Crippen molar-refractivity contribution in [3.05, 3.63) is 115 Å². The fourth-order valence-electron chi connectivity index (χ4n) is 4.19. The van der Waals surface area contributed by atoms with Crippen LogP contribution in [0.1, 0.15) is 5.56 Å². The molecule has 0 bridgehead atoms. The summed E-state index contributed by atoms with van der Waals surface area (Å²) in [6.07, 6.45) is 1.91. The fraction of sp³-hybridized carbons (Fsp3) is 0. The lowest BCUT2D eigenvalue weighted by molar-refractivity contribution is 1.13. The minimum Gasteiger partial charge on any atom is -0.309 e. The van der Waals surface area contributed by atoms with Gasteiger partial charge in [0.1, 0.15) is 0 Å². The fourth-order valence-corrected chi connectivity index (χ4v) is 5.01. The Morgan fingerprint density at radius 3 is 2.27 bits per heavy atom. The molecule has 0 spiro atoms. The van der Waals surface area contributed by atoms with E-state index in [-0.39, 0.29) is 0 Å². The van der Waals surface area contributed by atoms with E-state index < -0.39 is 0 Å². The Kier molecular flexibility index (Phi) is 4.94. The highest BCUT2D eigenvalue weighted by Gasteiger charge is 2.18. The minimum absolute atomic E-state index is 0.778. The SMILES string of the molecule is C(=NNc1nc2ccccc2s1)c1c(-c2ccccc2)n(-c2ccccc2)c2ccccc12. The zero-order valence-corrected chi connectivity index (χ0v) is 18.5. The summed E-state index contributed by atoms with van der Waals surface area (Å²) in [4.78, 5) is 4.63. The number of aromatic nitrogens is 2. The first-order valence-corrected chi connectivity index (χ1v) is 11.6. The molecule has 0 amide bonds. The Labute approximate surface area is 195 Å². The summed E-state index contributed by atoms with van der Waals surface area (Å²) in [7, 11) is 0. The molecule has 0 atom stereocenters. The molecule has 4 nitrogen and oxygen atoms in total. The number of thiazole rings is 1. The van der Waals surface area contributed by atoms with Gasteiger partial charge in [-0.2, -0.15) is 5.10 Å². The van der Waals surface area contributed by atoms with E-state index in [0.717, 1.165) is 48.8 Å². The van der Waals surface area contributed by atoms with Gasteiger partial charge in [0.25, 0.3) is 0 Å². The van der Waals surface area contributed by atoms with E-state index in [0.29, 0.717) is 0 Å². The smallest absolute Gasteiger partial charge is 0.204 e. The van der Waals surface area contributed by atoms with Crippen LogP contribution in [0.5, 0.6) is 0 Å². The Hall–Kier alpha value is -4.22. The van der Waals surface area contributed by atoms with Crippen molar-refractivity contribution in [2.45, 2.75) is 0 Å². The molecule has 2 heterocycles. The predicted molar refractivity (Wildman–Crippen MR) is 140 cm³/mol. The number of hydrazone groups is 1. The number of rotatable bonds is 5. The Balaban J connectivity index is 1.51. The van der Waals surface area contributed by atoms with Crippen molar-refractivity contribution in [3.8, 4) is 16.9 Å². The van der Waals surface area contributed by atoms with E-state index in [4.69, 9.17) is 0 Å². The van der Waals surface area contributed by atoms with Gasteiger partial charge in [0.15, 0.2) is 0 Å². The third kappa shape index (κ3) is 3.58. The molecule has 4 aromatic carbocycles. The zero-order chi connectivity index (χ0) is 22.0. The highest BCUT2D eigenvalue weighted by molar-refractivity contribution is 7.22. The van der Waals surface area contributed by atoms with Gasteiger partial charge in [-0.25, -0.2) is 4.98 Å². The first kappa shape index (κ1) is 19.5. The number of anilines is 1. The molecule has 6 rings (SSSR count). The summed E-state index contributed by atoms with van der Waals surface area (Å²) in [6.45, 7) is 0. The molecule has 33 heavy (non-hydrogen) atoms. The van der Waals surface area contributed by atoms with Crippen molar-refractivity contribution in [3.63, 3.8) is 0 Å². The van der Waals surface area contributed by atoms with Crippen LogP contribution in [-0.2, 0) is 0 Å². The van der Waals surface area contributed by atoms with E-state index in [1.807, 2.05) is 36.5 Å². The molecule has 2 aromatic heterocycles. The van der Waals surface area contributed by atoms with Crippen LogP contribution in [0, 0.1) is 0 Å². The summed E-state index contributed by atoms with van der Waals surface area (Å²) in [5.74, 6) is 0. The Morgan fingerprint density at radius 2 is 1.45 bits per heavy atom. The summed E-state index contributed by atoms with van der Waals surface area (Å²) >= 11 is 1.60. The average molecular weight is 445 g/mol. The maximum atomic E-state index is 4.63. The maximum absolute atomic E-state index is 4.63. The van der Waals surface area contributed by atoms with Crippen LogP contribution in [0.25, 0.3) is 38.1 Å². The topological polar surface area (TPSA) is 42.2 Å². The van der Waals surface area contributed by atoms with E-state index in [9.17, 15) is 0 Å². The summed E-state index contributed by atoms with van der Waals surface area (Å²) in [5, 5.41) is 6.54. The normalized spacial score (nSPS) is 11.5. The number of hydrogen-bond donors (Lipinski definition) is 1. The molecular formula is C28H20N4S. The van der Waals surface area contributed by atoms with Gasteiger partial charge in [-0.1, -0.05) is 90.2 Å². The number of para-hydroxylation sites is 3. The number of nitrogens with zero attached hydrogens (tertiary/aromatic N) is 3. The van der Waals surface area contributed by atoms with Gasteiger partial charge >= 0.3 is 0 Å². The van der Waals surface area contributed by atoms with E-state index in [1.165, 1.54) is 0 Å². The molecule has 0 saturated heterocycles. The lowest BCUT2D eigenvalue weighted by atomic mass is 10.1. The first-order chi connectivity index (χ1) is 16.4. The van der Waals surface area contributed by atoms with Crippen molar-refractivity contribution in [2.75, 3.05) is 5.43 Å². The molecule has 0 unspecified atom stereocenters. The molecule has 6 aromatic rings. The lowest BCUT2D eigenvalue weighted by Gasteiger charge is -2.12. The van der Waals surface area contributed by atoms with Crippen molar-refractivity contribution in [1.82, 2.24) is 9.55 Å². The Bertz CT molecular complexity index is 1550. The number of fused-ring (bicyclic) bond motifs is 2. The van der Waals surface area contributed by atoms with Crippen molar-refractivity contribution in [1.29, 1.82) is 0 Å². The van der Waals surface area contributed by atoms with Gasteiger partial charge in [-0.3, -0.25) is 5.43 Å². The number of nitrogens with one attached hydrogen (secondary N) is 1. The number of hydrogen-bond acceptors (Lipinski definition) is 4. The molecule has 158 valence electrons. The molecule has 0 aliphatic rings. The Morgan fingerprint density at radius 1 is 0.758 bits per heavy atom. The lowest BCUT2D eigenvalue weighted by Crippen LogP contribution is -1.98. The van der Waals surface area contributed by atoms with Gasteiger partial charge in [-0.05, 0) is 35.9 Å². The van der Waals surface area contributed by atoms with Crippen LogP contribution >= 0.6 is 11.3 Å². The third-order valence-corrected chi connectivity index (χ3v) is 6.56. The maximum Gasteiger partial charge on any atom is 0.204 e. The standard InChI is InChI=1S/C28H20N4S/c1-3-11-20(12-4-1)27-23(19-29-31-28-30-24-16-8-10-18-26(24)33-28)22-15-7-9-17-25(22)32(27)21-13-5-2-6-14-21/h1-19H,(H,30,31). The van der Waals surface area contributed by atoms with Gasteiger partial charge in [0.2, 0.25) is 5.13 Å². The monoisotopic (exact) mass is 444 g/mol. The average Bonchev–Trinajstić information content (AvgIpc) is 3.44. The van der Waals surface area contributed by atoms with Crippen LogP contribution in [0.4, 0.5) is 5.13 Å². The van der Waals surface area contributed by atoms with Gasteiger partial charge in [0, 0.05) is 16.6 Å². The molecular weight excluding hydrogens is 424 g/mol. The summed E-state index contributed by atoms with van der Waals surface area (Å²) < 4.78 is 3.45. The molecule has 0 radical (unpaired) electrons. The first-order valence-electron chi connectivity index (χ1n) is 10.8. The molecule has 1 N–H and O–H groups in total. The van der Waals surface area contributed by atoms with Crippen LogP contribution in [-0.4, -0.2) is 15.8 Å². The van der Waals surface area contributed by atoms with Crippen LogP contribution in [0.3, 0.4) is 0 Å². The van der Waals surface area contributed by atoms with Crippen molar-refractivity contribution < 1.29 is 0 Å². The van der Waals surface area contributed by atoms with Crippen LogP contribution < -0.4 is 5.43 Å². The van der Waals surface area contributed by atoms with E-state index >= 15 is 0 Å². The van der Waals surface area contributed by atoms with E-state index in [2.05, 4.69) is 98.9 Å². The third-order valence-electron chi connectivity index (χ3n) is 5.62. The molecule has 0 aliphatic carbocycles. The number of benzene rings is 4. The van der Waals surface area contributed by atoms with Gasteiger partial charge in [0.05, 0.1) is 27.6 Å². The molecule has 0 fully saturated rings. The summed E-state index contributed by atoms with van der Waals surface area (Å²) in [5.41, 5.74) is 9.69. The molecule has 0 saturated carbocycles. The largest absolute Gasteiger partial charge is 0.309 e. The molecule has 0 aliphatic heterocycles. The van der Waals surface area contributed by atoms with Crippen molar-refractivity contribution in [2.24, 2.45) is 5.10 Å². The second kappa shape index (κ2) is 8.37. The van der Waals surface area contributed by atoms with Crippen molar-refractivity contribution >= 4 is 43.8 Å². The zero-order valence-electron chi connectivity index (χ0n) is 17.7. The van der Waals surface area contributed by atoms with Gasteiger partial charge in [-0.15, -0.1) is 0 Å². The van der Waals surface area contributed by atoms with Gasteiger partial charge < -0.3 is 4.57 Å². The van der Waals surface area contributed by atoms with Crippen LogP contribution in [0.15, 0.2) is 114 Å². The second-order valence-electron chi connectivity index (χ2n) is 7.67. The molecule has 5 heteroatoms. The quantitative estimate of drug-likeness (QED) is 0.223. The predicted octanol–water partition coefficient (Wildman–Crippen LogP) is 7.35. The van der Waals surface area contributed by atoms with E-state index in [1.54, 1.807) is 11.3 Å². The highest BCUT2D eigenvalue weighted by atomic mass is 32.1. The minimum atomic E-state index is 0.778. The second-order valence-corrected chi connectivity index (χ2v) is 8.70.